The Hall–Kier alpha value is -2.62. The van der Waals surface area contributed by atoms with Gasteiger partial charge in [0.2, 0.25) is 0 Å². The van der Waals surface area contributed by atoms with Crippen molar-refractivity contribution >= 4 is 17.4 Å². The van der Waals surface area contributed by atoms with E-state index in [2.05, 4.69) is 6.07 Å². The van der Waals surface area contributed by atoms with Gasteiger partial charge in [0, 0.05) is 17.3 Å². The molecule has 0 aromatic heterocycles. The quantitative estimate of drug-likeness (QED) is 0.807. The Bertz CT molecular complexity index is 784. The number of rotatable bonds is 4. The van der Waals surface area contributed by atoms with Crippen LogP contribution in [-0.2, 0) is 11.2 Å². The third-order valence-corrected chi connectivity index (χ3v) is 4.35. The first-order valence-corrected chi connectivity index (χ1v) is 8.16. The molecule has 1 heterocycles. The van der Waals surface area contributed by atoms with E-state index in [4.69, 9.17) is 4.74 Å². The van der Waals surface area contributed by atoms with E-state index >= 15 is 0 Å². The standard InChI is InChI=1S/C20H21NO3/c1-13-11-17-7-4-5-10-19(17)21(13)20(23)15(3)24-18-9-6-8-16(12-18)14(2)22/h4-10,12-13,15H,11H2,1-3H3. The Morgan fingerprint density at radius 1 is 1.17 bits per heavy atom. The van der Waals surface area contributed by atoms with Crippen LogP contribution in [-0.4, -0.2) is 23.8 Å². The molecule has 1 aliphatic heterocycles. The molecule has 0 fully saturated rings. The lowest BCUT2D eigenvalue weighted by Crippen LogP contribution is -2.43. The normalized spacial score (nSPS) is 17.3. The molecule has 0 bridgehead atoms. The van der Waals surface area contributed by atoms with Gasteiger partial charge in [0.1, 0.15) is 5.75 Å². The summed E-state index contributed by atoms with van der Waals surface area (Å²) in [6.45, 7) is 5.30. The van der Waals surface area contributed by atoms with Gasteiger partial charge in [-0.05, 0) is 51.0 Å². The Balaban J connectivity index is 1.78. The summed E-state index contributed by atoms with van der Waals surface area (Å²) < 4.78 is 5.80. The molecule has 1 aliphatic rings. The predicted molar refractivity (Wildman–Crippen MR) is 93.6 cm³/mol. The average molecular weight is 323 g/mol. The number of nitrogens with zero attached hydrogens (tertiary/aromatic N) is 1. The van der Waals surface area contributed by atoms with E-state index in [1.165, 1.54) is 12.5 Å². The molecule has 4 heteroatoms. The van der Waals surface area contributed by atoms with Gasteiger partial charge < -0.3 is 9.64 Å². The van der Waals surface area contributed by atoms with Crippen LogP contribution in [0, 0.1) is 0 Å². The molecule has 24 heavy (non-hydrogen) atoms. The van der Waals surface area contributed by atoms with Gasteiger partial charge in [0.25, 0.3) is 5.91 Å². The Morgan fingerprint density at radius 3 is 2.67 bits per heavy atom. The molecule has 0 spiro atoms. The molecule has 0 aliphatic carbocycles. The van der Waals surface area contributed by atoms with Crippen LogP contribution >= 0.6 is 0 Å². The fraction of sp³-hybridized carbons (Fsp3) is 0.300. The van der Waals surface area contributed by atoms with Crippen molar-refractivity contribution in [2.45, 2.75) is 39.3 Å². The van der Waals surface area contributed by atoms with Crippen molar-refractivity contribution in [2.75, 3.05) is 4.90 Å². The number of benzene rings is 2. The third-order valence-electron chi connectivity index (χ3n) is 4.35. The molecule has 124 valence electrons. The monoisotopic (exact) mass is 323 g/mol. The second kappa shape index (κ2) is 6.48. The van der Waals surface area contributed by atoms with E-state index in [9.17, 15) is 9.59 Å². The van der Waals surface area contributed by atoms with Crippen molar-refractivity contribution in [1.29, 1.82) is 0 Å². The second-order valence-electron chi connectivity index (χ2n) is 6.23. The number of ether oxygens (including phenoxy) is 1. The van der Waals surface area contributed by atoms with Crippen LogP contribution in [0.25, 0.3) is 0 Å². The molecular weight excluding hydrogens is 302 g/mol. The van der Waals surface area contributed by atoms with E-state index < -0.39 is 6.10 Å². The molecule has 2 aromatic carbocycles. The molecule has 2 unspecified atom stereocenters. The minimum atomic E-state index is -0.624. The van der Waals surface area contributed by atoms with Crippen molar-refractivity contribution in [3.05, 3.63) is 59.7 Å². The summed E-state index contributed by atoms with van der Waals surface area (Å²) >= 11 is 0. The maximum absolute atomic E-state index is 12.9. The summed E-state index contributed by atoms with van der Waals surface area (Å²) in [7, 11) is 0. The number of para-hydroxylation sites is 1. The molecule has 3 rings (SSSR count). The maximum atomic E-state index is 12.9. The number of carbonyl (C=O) groups is 2. The molecule has 0 saturated carbocycles. The van der Waals surface area contributed by atoms with E-state index in [0.717, 1.165) is 12.1 Å². The van der Waals surface area contributed by atoms with Crippen molar-refractivity contribution in [3.8, 4) is 5.75 Å². The van der Waals surface area contributed by atoms with Gasteiger partial charge in [-0.3, -0.25) is 9.59 Å². The Morgan fingerprint density at radius 2 is 1.92 bits per heavy atom. The van der Waals surface area contributed by atoms with Crippen LogP contribution in [0.5, 0.6) is 5.75 Å². The van der Waals surface area contributed by atoms with Crippen LogP contribution < -0.4 is 9.64 Å². The lowest BCUT2D eigenvalue weighted by Gasteiger charge is -2.26. The minimum absolute atomic E-state index is 0.0264. The lowest BCUT2D eigenvalue weighted by molar-refractivity contribution is -0.124. The molecule has 0 saturated heterocycles. The third kappa shape index (κ3) is 3.04. The summed E-state index contributed by atoms with van der Waals surface area (Å²) in [5.74, 6) is 0.436. The van der Waals surface area contributed by atoms with E-state index in [1.807, 2.05) is 30.0 Å². The number of ketones is 1. The zero-order chi connectivity index (χ0) is 17.3. The maximum Gasteiger partial charge on any atom is 0.268 e. The van der Waals surface area contributed by atoms with Crippen LogP contribution in [0.4, 0.5) is 5.69 Å². The van der Waals surface area contributed by atoms with Crippen LogP contribution in [0.1, 0.15) is 36.7 Å². The number of hydrogen-bond donors (Lipinski definition) is 0. The lowest BCUT2D eigenvalue weighted by atomic mass is 10.1. The first-order valence-electron chi connectivity index (χ1n) is 8.16. The zero-order valence-corrected chi connectivity index (χ0v) is 14.2. The Labute approximate surface area is 142 Å². The summed E-state index contributed by atoms with van der Waals surface area (Å²) in [6, 6.07) is 15.0. The van der Waals surface area contributed by atoms with Crippen molar-refractivity contribution < 1.29 is 14.3 Å². The van der Waals surface area contributed by atoms with E-state index in [1.54, 1.807) is 31.2 Å². The molecule has 0 N–H and O–H groups in total. The number of amides is 1. The largest absolute Gasteiger partial charge is 0.481 e. The first kappa shape index (κ1) is 16.2. The van der Waals surface area contributed by atoms with Crippen LogP contribution in [0.3, 0.4) is 0 Å². The summed E-state index contributed by atoms with van der Waals surface area (Å²) in [5, 5.41) is 0. The second-order valence-corrected chi connectivity index (χ2v) is 6.23. The molecular formula is C20H21NO3. The highest BCUT2D eigenvalue weighted by molar-refractivity contribution is 5.99. The van der Waals surface area contributed by atoms with Gasteiger partial charge in [-0.2, -0.15) is 0 Å². The van der Waals surface area contributed by atoms with Gasteiger partial charge >= 0.3 is 0 Å². The minimum Gasteiger partial charge on any atom is -0.481 e. The van der Waals surface area contributed by atoms with Gasteiger partial charge in [-0.1, -0.05) is 30.3 Å². The fourth-order valence-electron chi connectivity index (χ4n) is 3.14. The number of hydrogen-bond acceptors (Lipinski definition) is 3. The van der Waals surface area contributed by atoms with Crippen molar-refractivity contribution in [3.63, 3.8) is 0 Å². The highest BCUT2D eigenvalue weighted by Crippen LogP contribution is 2.32. The number of anilines is 1. The molecule has 2 aromatic rings. The first-order chi connectivity index (χ1) is 11.5. The van der Waals surface area contributed by atoms with Crippen LogP contribution in [0.15, 0.2) is 48.5 Å². The van der Waals surface area contributed by atoms with Crippen molar-refractivity contribution in [2.24, 2.45) is 0 Å². The fourth-order valence-corrected chi connectivity index (χ4v) is 3.14. The molecule has 4 nitrogen and oxygen atoms in total. The van der Waals surface area contributed by atoms with Gasteiger partial charge in [0.15, 0.2) is 11.9 Å². The predicted octanol–water partition coefficient (Wildman–Crippen LogP) is 3.63. The van der Waals surface area contributed by atoms with Crippen LogP contribution in [0.2, 0.25) is 0 Å². The zero-order valence-electron chi connectivity index (χ0n) is 14.2. The van der Waals surface area contributed by atoms with Gasteiger partial charge in [-0.25, -0.2) is 0 Å². The topological polar surface area (TPSA) is 46.6 Å². The summed E-state index contributed by atoms with van der Waals surface area (Å²) in [5.41, 5.74) is 2.72. The van der Waals surface area contributed by atoms with Gasteiger partial charge in [0.05, 0.1) is 0 Å². The highest BCUT2D eigenvalue weighted by Gasteiger charge is 2.33. The SMILES string of the molecule is CC(=O)c1cccc(OC(C)C(=O)N2c3ccccc3CC2C)c1. The number of carbonyl (C=O) groups excluding carboxylic acids is 2. The molecule has 1 amide bonds. The number of fused-ring (bicyclic) bond motifs is 1. The number of Topliss-reactive ketones (excluding diaryl/α,β-unsaturated/α-hetero) is 1. The average Bonchev–Trinajstić information content (AvgIpc) is 2.90. The molecule has 0 radical (unpaired) electrons. The highest BCUT2D eigenvalue weighted by atomic mass is 16.5. The van der Waals surface area contributed by atoms with E-state index in [-0.39, 0.29) is 17.7 Å². The summed E-state index contributed by atoms with van der Waals surface area (Å²) in [4.78, 5) is 26.2. The van der Waals surface area contributed by atoms with Crippen molar-refractivity contribution in [1.82, 2.24) is 0 Å². The Kier molecular flexibility index (Phi) is 4.38. The summed E-state index contributed by atoms with van der Waals surface area (Å²) in [6.07, 6.45) is 0.231. The van der Waals surface area contributed by atoms with E-state index in [0.29, 0.717) is 11.3 Å². The molecule has 2 atom stereocenters. The van der Waals surface area contributed by atoms with Gasteiger partial charge in [-0.15, -0.1) is 0 Å². The smallest absolute Gasteiger partial charge is 0.268 e.